The van der Waals surface area contributed by atoms with Crippen molar-refractivity contribution in [1.82, 2.24) is 4.98 Å². The molecule has 0 fully saturated rings. The van der Waals surface area contributed by atoms with Crippen molar-refractivity contribution in [3.8, 4) is 5.75 Å². The maximum Gasteiger partial charge on any atom is 0.140 e. The molecule has 1 aromatic heterocycles. The average Bonchev–Trinajstić information content (AvgIpc) is 2.38. The highest BCUT2D eigenvalue weighted by Crippen LogP contribution is 2.18. The van der Waals surface area contributed by atoms with Gasteiger partial charge in [-0.05, 0) is 31.5 Å². The average molecular weight is 242 g/mol. The topological polar surface area (TPSA) is 48.1 Å². The van der Waals surface area contributed by atoms with Crippen molar-refractivity contribution in [2.45, 2.75) is 19.9 Å². The molecule has 94 valence electrons. The van der Waals surface area contributed by atoms with Crippen LogP contribution in [-0.2, 0) is 0 Å². The molecule has 3 heteroatoms. The standard InChI is InChI=1S/C15H18N2O/c1-11-8-9-15(12(2)17-11)18-10-14(16)13-6-4-3-5-7-13/h3-9,14H,10,16H2,1-2H3. The Labute approximate surface area is 108 Å². The molecule has 0 aliphatic carbocycles. The fraction of sp³-hybridized carbons (Fsp3) is 0.267. The summed E-state index contributed by atoms with van der Waals surface area (Å²) in [5.74, 6) is 0.798. The van der Waals surface area contributed by atoms with Gasteiger partial charge in [-0.1, -0.05) is 30.3 Å². The van der Waals surface area contributed by atoms with Gasteiger partial charge in [0, 0.05) is 5.69 Å². The van der Waals surface area contributed by atoms with Crippen LogP contribution in [0.5, 0.6) is 5.75 Å². The highest BCUT2D eigenvalue weighted by Gasteiger charge is 2.07. The zero-order chi connectivity index (χ0) is 13.0. The Kier molecular flexibility index (Phi) is 3.95. The molecule has 1 atom stereocenters. The van der Waals surface area contributed by atoms with Crippen molar-refractivity contribution in [3.05, 3.63) is 59.4 Å². The summed E-state index contributed by atoms with van der Waals surface area (Å²) in [6, 6.07) is 13.7. The van der Waals surface area contributed by atoms with E-state index < -0.39 is 0 Å². The Morgan fingerprint density at radius 1 is 1.11 bits per heavy atom. The van der Waals surface area contributed by atoms with E-state index >= 15 is 0 Å². The van der Waals surface area contributed by atoms with E-state index in [1.165, 1.54) is 0 Å². The summed E-state index contributed by atoms with van der Waals surface area (Å²) in [7, 11) is 0. The van der Waals surface area contributed by atoms with Gasteiger partial charge >= 0.3 is 0 Å². The van der Waals surface area contributed by atoms with Gasteiger partial charge < -0.3 is 10.5 Å². The summed E-state index contributed by atoms with van der Waals surface area (Å²) >= 11 is 0. The van der Waals surface area contributed by atoms with Gasteiger partial charge in [-0.25, -0.2) is 0 Å². The normalized spacial score (nSPS) is 12.2. The molecule has 0 saturated carbocycles. The first-order chi connectivity index (χ1) is 8.66. The third kappa shape index (κ3) is 3.08. The van der Waals surface area contributed by atoms with Crippen molar-refractivity contribution in [2.24, 2.45) is 5.73 Å². The second kappa shape index (κ2) is 5.65. The van der Waals surface area contributed by atoms with Gasteiger partial charge in [0.1, 0.15) is 12.4 Å². The van der Waals surface area contributed by atoms with E-state index in [1.807, 2.05) is 56.3 Å². The highest BCUT2D eigenvalue weighted by atomic mass is 16.5. The lowest BCUT2D eigenvalue weighted by Crippen LogP contribution is -2.19. The molecule has 2 N–H and O–H groups in total. The van der Waals surface area contributed by atoms with Crippen LogP contribution in [0.15, 0.2) is 42.5 Å². The van der Waals surface area contributed by atoms with E-state index in [9.17, 15) is 0 Å². The molecule has 0 radical (unpaired) electrons. The molecule has 0 amide bonds. The number of hydrogen-bond acceptors (Lipinski definition) is 3. The lowest BCUT2D eigenvalue weighted by Gasteiger charge is -2.14. The highest BCUT2D eigenvalue weighted by molar-refractivity contribution is 5.28. The minimum atomic E-state index is -0.119. The van der Waals surface area contributed by atoms with Gasteiger partial charge in [-0.3, -0.25) is 4.98 Å². The lowest BCUT2D eigenvalue weighted by atomic mass is 10.1. The van der Waals surface area contributed by atoms with Gasteiger partial charge in [0.25, 0.3) is 0 Å². The van der Waals surface area contributed by atoms with Crippen molar-refractivity contribution < 1.29 is 4.74 Å². The summed E-state index contributed by atoms with van der Waals surface area (Å²) in [6.07, 6.45) is 0. The number of rotatable bonds is 4. The first-order valence-corrected chi connectivity index (χ1v) is 6.04. The fourth-order valence-electron chi connectivity index (χ4n) is 1.80. The minimum Gasteiger partial charge on any atom is -0.490 e. The van der Waals surface area contributed by atoms with Crippen LogP contribution in [0.2, 0.25) is 0 Å². The molecule has 2 rings (SSSR count). The van der Waals surface area contributed by atoms with Crippen LogP contribution in [0.1, 0.15) is 23.0 Å². The molecule has 1 aromatic carbocycles. The van der Waals surface area contributed by atoms with Crippen LogP contribution in [0.4, 0.5) is 0 Å². The van der Waals surface area contributed by atoms with Crippen LogP contribution in [-0.4, -0.2) is 11.6 Å². The number of benzene rings is 1. The largest absolute Gasteiger partial charge is 0.490 e. The van der Waals surface area contributed by atoms with E-state index in [0.29, 0.717) is 6.61 Å². The predicted octanol–water partition coefficient (Wildman–Crippen LogP) is 2.78. The molecule has 2 aromatic rings. The summed E-state index contributed by atoms with van der Waals surface area (Å²) < 4.78 is 5.72. The number of pyridine rings is 1. The number of aryl methyl sites for hydroxylation is 2. The smallest absolute Gasteiger partial charge is 0.140 e. The second-order valence-corrected chi connectivity index (χ2v) is 4.36. The molecule has 0 saturated heterocycles. The van der Waals surface area contributed by atoms with Crippen molar-refractivity contribution in [2.75, 3.05) is 6.61 Å². The van der Waals surface area contributed by atoms with Crippen molar-refractivity contribution in [1.29, 1.82) is 0 Å². The quantitative estimate of drug-likeness (QED) is 0.896. The molecular formula is C15H18N2O. The van der Waals surface area contributed by atoms with E-state index in [-0.39, 0.29) is 6.04 Å². The van der Waals surface area contributed by atoms with Crippen LogP contribution < -0.4 is 10.5 Å². The first kappa shape index (κ1) is 12.6. The van der Waals surface area contributed by atoms with Crippen LogP contribution in [0.25, 0.3) is 0 Å². The molecule has 0 spiro atoms. The summed E-state index contributed by atoms with van der Waals surface area (Å²) in [4.78, 5) is 4.36. The Morgan fingerprint density at radius 2 is 1.83 bits per heavy atom. The van der Waals surface area contributed by atoms with E-state index in [4.69, 9.17) is 10.5 Å². The molecule has 0 aliphatic heterocycles. The van der Waals surface area contributed by atoms with E-state index in [1.54, 1.807) is 0 Å². The van der Waals surface area contributed by atoms with Crippen LogP contribution >= 0.6 is 0 Å². The number of ether oxygens (including phenoxy) is 1. The van der Waals surface area contributed by atoms with Crippen molar-refractivity contribution in [3.63, 3.8) is 0 Å². The number of aromatic nitrogens is 1. The third-order valence-electron chi connectivity index (χ3n) is 2.82. The molecule has 0 aliphatic rings. The van der Waals surface area contributed by atoms with Crippen LogP contribution in [0.3, 0.4) is 0 Å². The second-order valence-electron chi connectivity index (χ2n) is 4.36. The van der Waals surface area contributed by atoms with Gasteiger partial charge in [0.2, 0.25) is 0 Å². The van der Waals surface area contributed by atoms with Crippen molar-refractivity contribution >= 4 is 0 Å². The molecule has 1 unspecified atom stereocenters. The fourth-order valence-corrected chi connectivity index (χ4v) is 1.80. The van der Waals surface area contributed by atoms with Gasteiger partial charge in [-0.2, -0.15) is 0 Å². The summed E-state index contributed by atoms with van der Waals surface area (Å²) in [6.45, 7) is 4.36. The Balaban J connectivity index is 1.99. The molecule has 18 heavy (non-hydrogen) atoms. The molecular weight excluding hydrogens is 224 g/mol. The van der Waals surface area contributed by atoms with E-state index in [2.05, 4.69) is 4.98 Å². The SMILES string of the molecule is Cc1ccc(OCC(N)c2ccccc2)c(C)n1. The van der Waals surface area contributed by atoms with Gasteiger partial charge in [0.05, 0.1) is 11.7 Å². The first-order valence-electron chi connectivity index (χ1n) is 6.04. The van der Waals surface area contributed by atoms with E-state index in [0.717, 1.165) is 22.7 Å². The minimum absolute atomic E-state index is 0.119. The Morgan fingerprint density at radius 3 is 2.50 bits per heavy atom. The van der Waals surface area contributed by atoms with Crippen LogP contribution in [0, 0.1) is 13.8 Å². The predicted molar refractivity (Wildman–Crippen MR) is 72.6 cm³/mol. The third-order valence-corrected chi connectivity index (χ3v) is 2.82. The molecule has 1 heterocycles. The molecule has 0 bridgehead atoms. The molecule has 3 nitrogen and oxygen atoms in total. The Hall–Kier alpha value is -1.87. The van der Waals surface area contributed by atoms with Gasteiger partial charge in [0.15, 0.2) is 0 Å². The summed E-state index contributed by atoms with van der Waals surface area (Å²) in [5.41, 5.74) is 9.05. The monoisotopic (exact) mass is 242 g/mol. The zero-order valence-electron chi connectivity index (χ0n) is 10.8. The Bertz CT molecular complexity index is 511. The number of nitrogens with two attached hydrogens (primary N) is 1. The zero-order valence-corrected chi connectivity index (χ0v) is 10.8. The maximum atomic E-state index is 6.08. The summed E-state index contributed by atoms with van der Waals surface area (Å²) in [5, 5.41) is 0. The van der Waals surface area contributed by atoms with Gasteiger partial charge in [-0.15, -0.1) is 0 Å². The number of hydrogen-bond donors (Lipinski definition) is 1. The lowest BCUT2D eigenvalue weighted by molar-refractivity contribution is 0.287. The number of nitrogens with zero attached hydrogens (tertiary/aromatic N) is 1. The maximum absolute atomic E-state index is 6.08.